The highest BCUT2D eigenvalue weighted by molar-refractivity contribution is 7.89. The van der Waals surface area contributed by atoms with Gasteiger partial charge in [0.25, 0.3) is 10.0 Å². The fourth-order valence-corrected chi connectivity index (χ4v) is 3.22. The number of hydrazine groups is 1. The van der Waals surface area contributed by atoms with Crippen LogP contribution in [-0.4, -0.2) is 33.0 Å². The van der Waals surface area contributed by atoms with E-state index in [1.54, 1.807) is 12.1 Å². The lowest BCUT2D eigenvalue weighted by molar-refractivity contribution is 0.342. The summed E-state index contributed by atoms with van der Waals surface area (Å²) < 4.78 is 23.5. The molecule has 0 radical (unpaired) electrons. The molecule has 0 atom stereocenters. The van der Waals surface area contributed by atoms with E-state index in [4.69, 9.17) is 5.84 Å². The summed E-state index contributed by atoms with van der Waals surface area (Å²) in [5, 5.41) is 0. The van der Waals surface area contributed by atoms with Crippen LogP contribution in [0, 0.1) is 0 Å². The molecule has 1 saturated heterocycles. The summed E-state index contributed by atoms with van der Waals surface area (Å²) in [5.74, 6) is 5.08. The first kappa shape index (κ1) is 13.5. The number of sulfonamides is 1. The minimum absolute atomic E-state index is 0.284. The van der Waals surface area contributed by atoms with Crippen LogP contribution < -0.4 is 10.7 Å². The van der Waals surface area contributed by atoms with E-state index in [0.29, 0.717) is 0 Å². The lowest BCUT2D eigenvalue weighted by Crippen LogP contribution is -2.31. The number of hydrogen-bond acceptors (Lipinski definition) is 4. The maximum absolute atomic E-state index is 11.8. The van der Waals surface area contributed by atoms with Gasteiger partial charge >= 0.3 is 0 Å². The summed E-state index contributed by atoms with van der Waals surface area (Å²) in [5.41, 5.74) is 0.822. The number of nitrogens with zero attached hydrogens (tertiary/aromatic N) is 1. The van der Waals surface area contributed by atoms with Crippen molar-refractivity contribution < 1.29 is 8.42 Å². The first-order chi connectivity index (χ1) is 8.63. The van der Waals surface area contributed by atoms with E-state index >= 15 is 0 Å². The first-order valence-corrected chi connectivity index (χ1v) is 7.64. The zero-order valence-electron chi connectivity index (χ0n) is 10.3. The van der Waals surface area contributed by atoms with Gasteiger partial charge in [0.15, 0.2) is 0 Å². The molecule has 1 aromatic carbocycles. The van der Waals surface area contributed by atoms with Crippen LogP contribution in [-0.2, 0) is 16.4 Å². The van der Waals surface area contributed by atoms with Gasteiger partial charge in [-0.05, 0) is 44.0 Å². The van der Waals surface area contributed by atoms with Crippen molar-refractivity contribution in [2.45, 2.75) is 24.2 Å². The van der Waals surface area contributed by atoms with Gasteiger partial charge in [-0.3, -0.25) is 5.84 Å². The van der Waals surface area contributed by atoms with Gasteiger partial charge in [-0.15, -0.1) is 0 Å². The zero-order valence-corrected chi connectivity index (χ0v) is 11.1. The highest BCUT2D eigenvalue weighted by Crippen LogP contribution is 2.16. The summed E-state index contributed by atoms with van der Waals surface area (Å²) in [6, 6.07) is 7.01. The Morgan fingerprint density at radius 2 is 1.89 bits per heavy atom. The average Bonchev–Trinajstić information content (AvgIpc) is 2.90. The predicted octanol–water partition coefficient (Wildman–Crippen LogP) is 0.477. The monoisotopic (exact) mass is 269 g/mol. The standard InChI is InChI=1S/C12H19N3O2S/c13-14-18(16,17)12-6-2-1-5-11(12)7-10-15-8-3-4-9-15/h1-2,5-6,14H,3-4,7-10,13H2. The lowest BCUT2D eigenvalue weighted by atomic mass is 10.1. The van der Waals surface area contributed by atoms with Gasteiger partial charge in [-0.2, -0.15) is 4.83 Å². The van der Waals surface area contributed by atoms with E-state index in [2.05, 4.69) is 4.90 Å². The fourth-order valence-electron chi connectivity index (χ4n) is 2.32. The quantitative estimate of drug-likeness (QED) is 0.602. The largest absolute Gasteiger partial charge is 0.303 e. The van der Waals surface area contributed by atoms with Crippen LogP contribution in [0.2, 0.25) is 0 Å². The molecule has 100 valence electrons. The second-order valence-corrected chi connectivity index (χ2v) is 6.21. The summed E-state index contributed by atoms with van der Waals surface area (Å²) in [6.07, 6.45) is 3.21. The van der Waals surface area contributed by atoms with Crippen molar-refractivity contribution in [2.24, 2.45) is 5.84 Å². The average molecular weight is 269 g/mol. The Labute approximate surface area is 108 Å². The Balaban J connectivity index is 2.12. The van der Waals surface area contributed by atoms with Gasteiger partial charge in [0.2, 0.25) is 0 Å². The van der Waals surface area contributed by atoms with Crippen LogP contribution in [0.5, 0.6) is 0 Å². The topological polar surface area (TPSA) is 75.4 Å². The molecule has 0 unspecified atom stereocenters. The van der Waals surface area contributed by atoms with Crippen LogP contribution in [0.1, 0.15) is 18.4 Å². The molecule has 1 heterocycles. The van der Waals surface area contributed by atoms with Gasteiger partial charge < -0.3 is 4.90 Å². The van der Waals surface area contributed by atoms with Gasteiger partial charge in [0, 0.05) is 6.54 Å². The molecule has 1 aromatic rings. The van der Waals surface area contributed by atoms with Crippen molar-refractivity contribution in [1.82, 2.24) is 9.73 Å². The van der Waals surface area contributed by atoms with Crippen LogP contribution in [0.4, 0.5) is 0 Å². The van der Waals surface area contributed by atoms with Crippen molar-refractivity contribution in [3.8, 4) is 0 Å². The Hall–Kier alpha value is -0.950. The molecule has 18 heavy (non-hydrogen) atoms. The highest BCUT2D eigenvalue weighted by Gasteiger charge is 2.17. The van der Waals surface area contributed by atoms with E-state index in [1.807, 2.05) is 17.0 Å². The Morgan fingerprint density at radius 3 is 2.56 bits per heavy atom. The van der Waals surface area contributed by atoms with Crippen LogP contribution in [0.3, 0.4) is 0 Å². The SMILES string of the molecule is NNS(=O)(=O)c1ccccc1CCN1CCCC1. The summed E-state index contributed by atoms with van der Waals surface area (Å²) in [7, 11) is -3.57. The summed E-state index contributed by atoms with van der Waals surface area (Å²) in [4.78, 5) is 4.53. The summed E-state index contributed by atoms with van der Waals surface area (Å²) >= 11 is 0. The normalized spacial score (nSPS) is 17.2. The van der Waals surface area contributed by atoms with Crippen molar-refractivity contribution in [3.05, 3.63) is 29.8 Å². The number of rotatable bonds is 5. The predicted molar refractivity (Wildman–Crippen MR) is 70.3 cm³/mol. The molecule has 0 amide bonds. The minimum atomic E-state index is -3.57. The van der Waals surface area contributed by atoms with Crippen molar-refractivity contribution in [3.63, 3.8) is 0 Å². The minimum Gasteiger partial charge on any atom is -0.303 e. The lowest BCUT2D eigenvalue weighted by Gasteiger charge is -2.15. The van der Waals surface area contributed by atoms with Crippen molar-refractivity contribution >= 4 is 10.0 Å². The third kappa shape index (κ3) is 3.08. The molecule has 6 heteroatoms. The number of nitrogens with two attached hydrogens (primary N) is 1. The molecule has 1 aliphatic rings. The fraction of sp³-hybridized carbons (Fsp3) is 0.500. The number of benzene rings is 1. The molecular formula is C12H19N3O2S. The number of hydrogen-bond donors (Lipinski definition) is 2. The van der Waals surface area contributed by atoms with Gasteiger partial charge in [0.05, 0.1) is 4.90 Å². The molecule has 0 aliphatic carbocycles. The third-order valence-electron chi connectivity index (χ3n) is 3.31. The highest BCUT2D eigenvalue weighted by atomic mass is 32.2. The Morgan fingerprint density at radius 1 is 1.22 bits per heavy atom. The van der Waals surface area contributed by atoms with Crippen molar-refractivity contribution in [1.29, 1.82) is 0 Å². The van der Waals surface area contributed by atoms with Crippen molar-refractivity contribution in [2.75, 3.05) is 19.6 Å². The molecule has 5 nitrogen and oxygen atoms in total. The van der Waals surface area contributed by atoms with Gasteiger partial charge in [-0.1, -0.05) is 18.2 Å². The van der Waals surface area contributed by atoms with E-state index in [9.17, 15) is 8.42 Å². The molecule has 0 spiro atoms. The smallest absolute Gasteiger partial charge is 0.253 e. The second-order valence-electron chi connectivity index (χ2n) is 4.53. The molecule has 2 rings (SSSR count). The number of nitrogens with one attached hydrogen (secondary N) is 1. The molecule has 0 aromatic heterocycles. The zero-order chi connectivity index (χ0) is 13.0. The molecule has 1 aliphatic heterocycles. The first-order valence-electron chi connectivity index (χ1n) is 6.16. The summed E-state index contributed by atoms with van der Waals surface area (Å²) in [6.45, 7) is 3.13. The maximum Gasteiger partial charge on any atom is 0.253 e. The maximum atomic E-state index is 11.8. The molecule has 1 fully saturated rings. The van der Waals surface area contributed by atoms with Crippen LogP contribution in [0.25, 0.3) is 0 Å². The van der Waals surface area contributed by atoms with Crippen LogP contribution >= 0.6 is 0 Å². The van der Waals surface area contributed by atoms with E-state index in [-0.39, 0.29) is 4.90 Å². The van der Waals surface area contributed by atoms with E-state index in [0.717, 1.165) is 31.6 Å². The van der Waals surface area contributed by atoms with E-state index < -0.39 is 10.0 Å². The Bertz CT molecular complexity index is 496. The van der Waals surface area contributed by atoms with E-state index in [1.165, 1.54) is 12.8 Å². The Kier molecular flexibility index (Phi) is 4.34. The van der Waals surface area contributed by atoms with Gasteiger partial charge in [0.1, 0.15) is 0 Å². The third-order valence-corrected chi connectivity index (χ3v) is 4.60. The van der Waals surface area contributed by atoms with Gasteiger partial charge in [-0.25, -0.2) is 8.42 Å². The van der Waals surface area contributed by atoms with Crippen LogP contribution in [0.15, 0.2) is 29.2 Å². The molecule has 3 N–H and O–H groups in total. The molecule has 0 saturated carbocycles. The molecular weight excluding hydrogens is 250 g/mol. The molecule has 0 bridgehead atoms. The number of likely N-dealkylation sites (tertiary alicyclic amines) is 1. The second kappa shape index (κ2) is 5.79.